The molecular weight excluding hydrogens is 459 g/mol. The minimum Gasteiger partial charge on any atom is -0.431 e. The van der Waals surface area contributed by atoms with E-state index in [2.05, 4.69) is 40.3 Å². The standard InChI is InChI=1S/C28H25ClF3NO/c1-21(23-13-8-14-26(18-23)34-28(31,32)20-30)17-24(27-16-15-25(29)19-33-27)12-7-3-6-11-22-9-4-2-5-10-22/h2,4-5,8-10,13-16,18-19,24H,1,3,6,11,17,20H2. The fraction of sp³-hybridized carbons (Fsp3) is 0.250. The second-order valence-corrected chi connectivity index (χ2v) is 8.26. The van der Waals surface area contributed by atoms with Gasteiger partial charge in [-0.25, -0.2) is 4.39 Å². The minimum atomic E-state index is -3.87. The van der Waals surface area contributed by atoms with Crippen molar-refractivity contribution in [2.24, 2.45) is 0 Å². The minimum absolute atomic E-state index is 0.130. The first kappa shape index (κ1) is 25.4. The summed E-state index contributed by atoms with van der Waals surface area (Å²) in [5, 5.41) is 0.524. The van der Waals surface area contributed by atoms with Crippen molar-refractivity contribution in [2.45, 2.75) is 37.7 Å². The van der Waals surface area contributed by atoms with Gasteiger partial charge in [0.15, 0.2) is 6.67 Å². The Morgan fingerprint density at radius 1 is 1.09 bits per heavy atom. The molecular formula is C28H25ClF3NO. The predicted octanol–water partition coefficient (Wildman–Crippen LogP) is 7.89. The maximum atomic E-state index is 13.3. The first-order valence-corrected chi connectivity index (χ1v) is 11.3. The van der Waals surface area contributed by atoms with E-state index in [9.17, 15) is 13.2 Å². The largest absolute Gasteiger partial charge is 0.431 e. The third kappa shape index (κ3) is 7.97. The molecule has 1 atom stereocenters. The number of hydrogen-bond acceptors (Lipinski definition) is 2. The molecule has 3 aromatic rings. The van der Waals surface area contributed by atoms with Crippen LogP contribution in [0, 0.1) is 11.8 Å². The molecule has 0 N–H and O–H groups in total. The summed E-state index contributed by atoms with van der Waals surface area (Å²) < 4.78 is 43.5. The van der Waals surface area contributed by atoms with E-state index in [4.69, 9.17) is 11.6 Å². The number of alkyl halides is 3. The highest BCUT2D eigenvalue weighted by Crippen LogP contribution is 2.30. The molecule has 1 unspecified atom stereocenters. The van der Waals surface area contributed by atoms with Crippen molar-refractivity contribution in [2.75, 3.05) is 6.67 Å². The van der Waals surface area contributed by atoms with Gasteiger partial charge < -0.3 is 4.74 Å². The van der Waals surface area contributed by atoms with Gasteiger partial charge in [0, 0.05) is 12.6 Å². The van der Waals surface area contributed by atoms with Crippen molar-refractivity contribution in [3.8, 4) is 17.6 Å². The van der Waals surface area contributed by atoms with Gasteiger partial charge in [-0.1, -0.05) is 66.6 Å². The highest BCUT2D eigenvalue weighted by atomic mass is 35.5. The zero-order chi connectivity index (χ0) is 24.4. The van der Waals surface area contributed by atoms with Gasteiger partial charge in [-0.2, -0.15) is 8.78 Å². The van der Waals surface area contributed by atoms with Crippen LogP contribution in [0.4, 0.5) is 13.2 Å². The van der Waals surface area contributed by atoms with Crippen molar-refractivity contribution in [3.05, 3.63) is 101 Å². The van der Waals surface area contributed by atoms with Crippen LogP contribution in [0.2, 0.25) is 5.02 Å². The normalized spacial score (nSPS) is 11.9. The van der Waals surface area contributed by atoms with Crippen molar-refractivity contribution >= 4 is 17.2 Å². The Hall–Kier alpha value is -3.23. The number of aromatic nitrogens is 1. The lowest BCUT2D eigenvalue weighted by Gasteiger charge is -2.16. The van der Waals surface area contributed by atoms with Crippen LogP contribution < -0.4 is 4.74 Å². The number of nitrogens with zero attached hydrogens (tertiary/aromatic N) is 1. The van der Waals surface area contributed by atoms with Crippen LogP contribution in [-0.4, -0.2) is 17.8 Å². The molecule has 176 valence electrons. The molecule has 1 aromatic heterocycles. The Kier molecular flexibility index (Phi) is 9.18. The van der Waals surface area contributed by atoms with Gasteiger partial charge in [0.2, 0.25) is 0 Å². The zero-order valence-corrected chi connectivity index (χ0v) is 19.4. The van der Waals surface area contributed by atoms with E-state index >= 15 is 0 Å². The van der Waals surface area contributed by atoms with Gasteiger partial charge in [0.1, 0.15) is 5.75 Å². The zero-order valence-electron chi connectivity index (χ0n) is 18.6. The topological polar surface area (TPSA) is 22.1 Å². The number of unbranched alkanes of at least 4 members (excludes halogenated alkanes) is 1. The molecule has 0 aliphatic rings. The van der Waals surface area contributed by atoms with Crippen molar-refractivity contribution < 1.29 is 17.9 Å². The summed E-state index contributed by atoms with van der Waals surface area (Å²) in [5.41, 5.74) is 3.30. The molecule has 0 fully saturated rings. The second-order valence-electron chi connectivity index (χ2n) is 7.82. The summed E-state index contributed by atoms with van der Waals surface area (Å²) in [5.74, 6) is 6.15. The lowest BCUT2D eigenvalue weighted by Crippen LogP contribution is -2.26. The summed E-state index contributed by atoms with van der Waals surface area (Å²) in [6.07, 6.45) is 0.734. The van der Waals surface area contributed by atoms with Crippen LogP contribution in [-0.2, 0) is 6.42 Å². The number of aryl methyl sites for hydroxylation is 1. The lowest BCUT2D eigenvalue weighted by molar-refractivity contribution is -0.186. The molecule has 0 aliphatic carbocycles. The number of allylic oxidation sites excluding steroid dienone is 1. The smallest absolute Gasteiger partial charge is 0.427 e. The summed E-state index contributed by atoms with van der Waals surface area (Å²) >= 11 is 5.99. The second kappa shape index (κ2) is 12.3. The number of rotatable bonds is 10. The molecule has 2 nitrogen and oxygen atoms in total. The van der Waals surface area contributed by atoms with E-state index in [-0.39, 0.29) is 11.7 Å². The van der Waals surface area contributed by atoms with Gasteiger partial charge in [0.25, 0.3) is 0 Å². The molecule has 0 saturated heterocycles. The maximum Gasteiger partial charge on any atom is 0.427 e. The van der Waals surface area contributed by atoms with Gasteiger partial charge in [-0.05, 0) is 60.2 Å². The van der Waals surface area contributed by atoms with Crippen LogP contribution in [0.5, 0.6) is 5.75 Å². The van der Waals surface area contributed by atoms with Gasteiger partial charge >= 0.3 is 6.11 Å². The number of halogens is 4. The Balaban J connectivity index is 1.70. The molecule has 6 heteroatoms. The average molecular weight is 484 g/mol. The fourth-order valence-electron chi connectivity index (χ4n) is 3.39. The number of benzene rings is 2. The van der Waals surface area contributed by atoms with Crippen molar-refractivity contribution in [1.29, 1.82) is 0 Å². The summed E-state index contributed by atoms with van der Waals surface area (Å²) in [6.45, 7) is 2.21. The molecule has 0 saturated carbocycles. The highest BCUT2D eigenvalue weighted by Gasteiger charge is 2.31. The monoisotopic (exact) mass is 483 g/mol. The Bertz CT molecular complexity index is 1140. The molecule has 34 heavy (non-hydrogen) atoms. The number of pyridine rings is 1. The van der Waals surface area contributed by atoms with E-state index in [0.717, 1.165) is 25.0 Å². The Morgan fingerprint density at radius 2 is 1.88 bits per heavy atom. The van der Waals surface area contributed by atoms with Crippen LogP contribution in [0.15, 0.2) is 79.5 Å². The van der Waals surface area contributed by atoms with E-state index in [1.807, 2.05) is 24.3 Å². The molecule has 3 rings (SSSR count). The van der Waals surface area contributed by atoms with Crippen molar-refractivity contribution in [3.63, 3.8) is 0 Å². The maximum absolute atomic E-state index is 13.3. The fourth-order valence-corrected chi connectivity index (χ4v) is 3.50. The molecule has 0 bridgehead atoms. The summed E-state index contributed by atoms with van der Waals surface area (Å²) in [6, 6.07) is 19.9. The average Bonchev–Trinajstić information content (AvgIpc) is 2.84. The Labute approximate surface area is 203 Å². The summed E-state index contributed by atoms with van der Waals surface area (Å²) in [4.78, 5) is 4.41. The van der Waals surface area contributed by atoms with E-state index in [1.165, 1.54) is 17.7 Å². The quantitative estimate of drug-likeness (QED) is 0.216. The SMILES string of the molecule is C=C(CC(C#CCCCc1ccccc1)c1ccc(Cl)cn1)c1cccc(OC(F)(F)CF)c1. The van der Waals surface area contributed by atoms with Crippen LogP contribution in [0.25, 0.3) is 5.57 Å². The third-order valence-electron chi connectivity index (χ3n) is 5.11. The first-order chi connectivity index (χ1) is 16.4. The van der Waals surface area contributed by atoms with Gasteiger partial charge in [0.05, 0.1) is 16.6 Å². The molecule has 1 heterocycles. The van der Waals surface area contributed by atoms with Crippen LogP contribution >= 0.6 is 11.6 Å². The van der Waals surface area contributed by atoms with Crippen LogP contribution in [0.3, 0.4) is 0 Å². The van der Waals surface area contributed by atoms with E-state index < -0.39 is 12.8 Å². The van der Waals surface area contributed by atoms with E-state index in [1.54, 1.807) is 24.4 Å². The van der Waals surface area contributed by atoms with E-state index in [0.29, 0.717) is 22.6 Å². The van der Waals surface area contributed by atoms with Gasteiger partial charge in [-0.15, -0.1) is 5.92 Å². The molecule has 0 spiro atoms. The lowest BCUT2D eigenvalue weighted by atomic mass is 9.92. The molecule has 0 aliphatic heterocycles. The molecule has 2 aromatic carbocycles. The summed E-state index contributed by atoms with van der Waals surface area (Å²) in [7, 11) is 0. The predicted molar refractivity (Wildman–Crippen MR) is 131 cm³/mol. The molecule has 0 radical (unpaired) electrons. The highest BCUT2D eigenvalue weighted by molar-refractivity contribution is 6.30. The number of hydrogen-bond donors (Lipinski definition) is 0. The number of ether oxygens (including phenoxy) is 1. The van der Waals surface area contributed by atoms with Crippen molar-refractivity contribution in [1.82, 2.24) is 4.98 Å². The van der Waals surface area contributed by atoms with Crippen LogP contribution in [0.1, 0.15) is 42.0 Å². The first-order valence-electron chi connectivity index (χ1n) is 10.9. The Morgan fingerprint density at radius 3 is 2.59 bits per heavy atom. The third-order valence-corrected chi connectivity index (χ3v) is 5.33. The van der Waals surface area contributed by atoms with Gasteiger partial charge in [-0.3, -0.25) is 4.98 Å². The molecule has 0 amide bonds.